The van der Waals surface area contributed by atoms with Crippen molar-refractivity contribution in [2.24, 2.45) is 0 Å². The summed E-state index contributed by atoms with van der Waals surface area (Å²) in [5, 5.41) is 13.1. The predicted octanol–water partition coefficient (Wildman–Crippen LogP) is 2.83. The third kappa shape index (κ3) is 4.26. The molecule has 0 aliphatic heterocycles. The molecule has 0 saturated carbocycles. The number of nitrogens with zero attached hydrogens (tertiary/aromatic N) is 2. The number of amides is 1. The van der Waals surface area contributed by atoms with Crippen LogP contribution in [0.1, 0.15) is 17.4 Å². The number of aromatic nitrogens is 1. The molecular formula is C15H12ClN3O5. The summed E-state index contributed by atoms with van der Waals surface area (Å²) in [7, 11) is 0. The zero-order valence-corrected chi connectivity index (χ0v) is 13.2. The number of benzene rings is 1. The maximum absolute atomic E-state index is 12.0. The van der Waals surface area contributed by atoms with E-state index in [9.17, 15) is 19.7 Å². The first-order valence-corrected chi connectivity index (χ1v) is 7.13. The van der Waals surface area contributed by atoms with Gasteiger partial charge < -0.3 is 10.1 Å². The molecule has 2 aromatic rings. The van der Waals surface area contributed by atoms with Crippen LogP contribution in [-0.4, -0.2) is 27.9 Å². The lowest BCUT2D eigenvalue weighted by molar-refractivity contribution is -0.384. The minimum atomic E-state index is -1.11. The largest absolute Gasteiger partial charge is 0.448 e. The van der Waals surface area contributed by atoms with Crippen molar-refractivity contribution < 1.29 is 19.2 Å². The number of non-ortho nitro benzene ring substituents is 1. The van der Waals surface area contributed by atoms with Crippen molar-refractivity contribution in [3.63, 3.8) is 0 Å². The molecule has 1 N–H and O–H groups in total. The molecule has 0 radical (unpaired) electrons. The average Bonchev–Trinajstić information content (AvgIpc) is 2.57. The zero-order chi connectivity index (χ0) is 17.7. The van der Waals surface area contributed by atoms with Gasteiger partial charge in [0.15, 0.2) is 6.10 Å². The summed E-state index contributed by atoms with van der Waals surface area (Å²) in [6.45, 7) is 1.38. The monoisotopic (exact) mass is 349 g/mol. The van der Waals surface area contributed by atoms with Crippen LogP contribution in [0.5, 0.6) is 0 Å². The van der Waals surface area contributed by atoms with E-state index in [0.717, 1.165) is 6.07 Å². The number of carbonyl (C=O) groups excluding carboxylic acids is 2. The van der Waals surface area contributed by atoms with E-state index in [4.69, 9.17) is 16.3 Å². The number of halogens is 1. The summed E-state index contributed by atoms with van der Waals surface area (Å²) in [5.41, 5.74) is 0.0474. The molecule has 0 aliphatic carbocycles. The summed E-state index contributed by atoms with van der Waals surface area (Å²) in [5.74, 6) is -1.37. The van der Waals surface area contributed by atoms with E-state index in [-0.39, 0.29) is 22.1 Å². The van der Waals surface area contributed by atoms with Gasteiger partial charge in [0.05, 0.1) is 15.6 Å². The third-order valence-electron chi connectivity index (χ3n) is 2.95. The molecule has 24 heavy (non-hydrogen) atoms. The van der Waals surface area contributed by atoms with Crippen LogP contribution in [0.3, 0.4) is 0 Å². The Hall–Kier alpha value is -3.00. The second kappa shape index (κ2) is 7.51. The van der Waals surface area contributed by atoms with Crippen LogP contribution in [-0.2, 0) is 9.53 Å². The Morgan fingerprint density at radius 3 is 2.67 bits per heavy atom. The molecule has 1 atom stereocenters. The molecular weight excluding hydrogens is 338 g/mol. The SMILES string of the molecule is CC(OC(=O)c1ccccn1)C(=O)Nc1ccc([N+](=O)[O-])cc1Cl. The van der Waals surface area contributed by atoms with E-state index in [1.54, 1.807) is 12.1 Å². The van der Waals surface area contributed by atoms with Crippen LogP contribution >= 0.6 is 11.6 Å². The topological polar surface area (TPSA) is 111 Å². The normalized spacial score (nSPS) is 11.4. The van der Waals surface area contributed by atoms with Gasteiger partial charge in [-0.3, -0.25) is 14.9 Å². The average molecular weight is 350 g/mol. The van der Waals surface area contributed by atoms with Gasteiger partial charge in [0.1, 0.15) is 5.69 Å². The summed E-state index contributed by atoms with van der Waals surface area (Å²) in [6.07, 6.45) is 0.323. The maximum Gasteiger partial charge on any atom is 0.357 e. The smallest absolute Gasteiger partial charge is 0.357 e. The first kappa shape index (κ1) is 17.4. The van der Waals surface area contributed by atoms with E-state index >= 15 is 0 Å². The Labute approximate surface area is 141 Å². The van der Waals surface area contributed by atoms with Crippen molar-refractivity contribution in [3.05, 3.63) is 63.4 Å². The highest BCUT2D eigenvalue weighted by Gasteiger charge is 2.21. The second-order valence-electron chi connectivity index (χ2n) is 4.67. The van der Waals surface area contributed by atoms with Crippen LogP contribution in [0.4, 0.5) is 11.4 Å². The summed E-state index contributed by atoms with van der Waals surface area (Å²) in [4.78, 5) is 37.8. The highest BCUT2D eigenvalue weighted by Crippen LogP contribution is 2.26. The predicted molar refractivity (Wildman–Crippen MR) is 85.9 cm³/mol. The quantitative estimate of drug-likeness (QED) is 0.504. The van der Waals surface area contributed by atoms with Gasteiger partial charge in [-0.1, -0.05) is 17.7 Å². The van der Waals surface area contributed by atoms with E-state index in [1.165, 1.54) is 31.3 Å². The Kier molecular flexibility index (Phi) is 5.43. The molecule has 1 unspecified atom stereocenters. The molecule has 0 aliphatic rings. The van der Waals surface area contributed by atoms with Gasteiger partial charge in [0.2, 0.25) is 0 Å². The number of nitro benzene ring substituents is 1. The highest BCUT2D eigenvalue weighted by atomic mass is 35.5. The molecule has 8 nitrogen and oxygen atoms in total. The Balaban J connectivity index is 2.01. The van der Waals surface area contributed by atoms with E-state index in [1.807, 2.05) is 0 Å². The molecule has 1 aromatic heterocycles. The van der Waals surface area contributed by atoms with Gasteiger partial charge in [0, 0.05) is 18.3 Å². The van der Waals surface area contributed by atoms with Crippen LogP contribution in [0.25, 0.3) is 0 Å². The Morgan fingerprint density at radius 2 is 2.08 bits per heavy atom. The van der Waals surface area contributed by atoms with Gasteiger partial charge in [-0.15, -0.1) is 0 Å². The molecule has 1 amide bonds. The zero-order valence-electron chi connectivity index (χ0n) is 12.4. The van der Waals surface area contributed by atoms with Crippen molar-refractivity contribution in [3.8, 4) is 0 Å². The van der Waals surface area contributed by atoms with Crippen molar-refractivity contribution in [2.45, 2.75) is 13.0 Å². The number of ether oxygens (including phenoxy) is 1. The van der Waals surface area contributed by atoms with Crippen molar-refractivity contribution in [1.82, 2.24) is 4.98 Å². The van der Waals surface area contributed by atoms with Crippen molar-refractivity contribution >= 4 is 34.9 Å². The fraction of sp³-hybridized carbons (Fsp3) is 0.133. The van der Waals surface area contributed by atoms with Crippen molar-refractivity contribution in [2.75, 3.05) is 5.32 Å². The Bertz CT molecular complexity index is 782. The minimum Gasteiger partial charge on any atom is -0.448 e. The van der Waals surface area contributed by atoms with Crippen LogP contribution in [0.2, 0.25) is 5.02 Å². The van der Waals surface area contributed by atoms with Crippen LogP contribution < -0.4 is 5.32 Å². The molecule has 124 valence electrons. The third-order valence-corrected chi connectivity index (χ3v) is 3.26. The molecule has 0 saturated heterocycles. The molecule has 2 rings (SSSR count). The van der Waals surface area contributed by atoms with Crippen LogP contribution in [0.15, 0.2) is 42.6 Å². The lowest BCUT2D eigenvalue weighted by Crippen LogP contribution is -2.30. The molecule has 1 aromatic carbocycles. The Morgan fingerprint density at radius 1 is 1.33 bits per heavy atom. The summed E-state index contributed by atoms with van der Waals surface area (Å²) < 4.78 is 5.01. The lowest BCUT2D eigenvalue weighted by atomic mass is 10.2. The molecule has 9 heteroatoms. The number of hydrogen-bond acceptors (Lipinski definition) is 6. The number of esters is 1. The number of hydrogen-bond donors (Lipinski definition) is 1. The fourth-order valence-corrected chi connectivity index (χ4v) is 1.93. The summed E-state index contributed by atoms with van der Waals surface area (Å²) >= 11 is 5.89. The number of pyridine rings is 1. The molecule has 0 spiro atoms. The number of rotatable bonds is 5. The lowest BCUT2D eigenvalue weighted by Gasteiger charge is -2.13. The molecule has 1 heterocycles. The number of anilines is 1. The molecule has 0 bridgehead atoms. The van der Waals surface area contributed by atoms with E-state index < -0.39 is 22.9 Å². The maximum atomic E-state index is 12.0. The van der Waals surface area contributed by atoms with Gasteiger partial charge >= 0.3 is 5.97 Å². The fourth-order valence-electron chi connectivity index (χ4n) is 1.71. The van der Waals surface area contributed by atoms with Crippen LogP contribution in [0, 0.1) is 10.1 Å². The van der Waals surface area contributed by atoms with Gasteiger partial charge in [0.25, 0.3) is 11.6 Å². The van der Waals surface area contributed by atoms with E-state index in [0.29, 0.717) is 0 Å². The number of nitrogens with one attached hydrogen (secondary N) is 1. The van der Waals surface area contributed by atoms with Gasteiger partial charge in [-0.2, -0.15) is 0 Å². The minimum absolute atomic E-state index is 0.000743. The van der Waals surface area contributed by atoms with Gasteiger partial charge in [-0.25, -0.2) is 9.78 Å². The van der Waals surface area contributed by atoms with E-state index in [2.05, 4.69) is 10.3 Å². The number of nitro groups is 1. The summed E-state index contributed by atoms with van der Waals surface area (Å²) in [6, 6.07) is 8.33. The first-order valence-electron chi connectivity index (χ1n) is 6.75. The first-order chi connectivity index (χ1) is 11.4. The number of carbonyl (C=O) groups is 2. The molecule has 0 fully saturated rings. The van der Waals surface area contributed by atoms with Crippen molar-refractivity contribution in [1.29, 1.82) is 0 Å². The van der Waals surface area contributed by atoms with Gasteiger partial charge in [-0.05, 0) is 25.1 Å². The standard InChI is InChI=1S/C15H12ClN3O5/c1-9(24-15(21)13-4-2-3-7-17-13)14(20)18-12-6-5-10(19(22)23)8-11(12)16/h2-9H,1H3,(H,18,20). The second-order valence-corrected chi connectivity index (χ2v) is 5.08. The highest BCUT2D eigenvalue weighted by molar-refractivity contribution is 6.34.